The lowest BCUT2D eigenvalue weighted by Crippen LogP contribution is -2.56. The van der Waals surface area contributed by atoms with Crippen LogP contribution in [0.2, 0.25) is 0 Å². The number of aliphatic carboxylic acids is 1. The van der Waals surface area contributed by atoms with Crippen LogP contribution in [-0.2, 0) is 16.0 Å². The Hall–Kier alpha value is -1.88. The number of carboxylic acids is 1. The standard InChI is InChI=1S/C14H18N2O3/c1-2-10-5-3-4-6-12(10)16-8-7-15-11(14(16)19)9-13(17)18/h3-6,11,15H,2,7-9H2,1H3,(H,17,18). The van der Waals surface area contributed by atoms with Crippen molar-refractivity contribution in [2.24, 2.45) is 0 Å². The fraction of sp³-hybridized carbons (Fsp3) is 0.429. The predicted molar refractivity (Wildman–Crippen MR) is 72.2 cm³/mol. The van der Waals surface area contributed by atoms with Crippen molar-refractivity contribution in [3.05, 3.63) is 29.8 Å². The summed E-state index contributed by atoms with van der Waals surface area (Å²) in [7, 11) is 0. The van der Waals surface area contributed by atoms with Gasteiger partial charge in [0.2, 0.25) is 5.91 Å². The van der Waals surface area contributed by atoms with Crippen molar-refractivity contribution in [1.82, 2.24) is 5.32 Å². The van der Waals surface area contributed by atoms with Crippen LogP contribution in [-0.4, -0.2) is 36.1 Å². The van der Waals surface area contributed by atoms with Gasteiger partial charge in [-0.2, -0.15) is 0 Å². The van der Waals surface area contributed by atoms with E-state index in [4.69, 9.17) is 5.11 Å². The number of hydrogen-bond acceptors (Lipinski definition) is 3. The Balaban J connectivity index is 2.24. The molecule has 5 nitrogen and oxygen atoms in total. The van der Waals surface area contributed by atoms with Crippen LogP contribution in [0.4, 0.5) is 5.69 Å². The summed E-state index contributed by atoms with van der Waals surface area (Å²) in [5.41, 5.74) is 2.00. The van der Waals surface area contributed by atoms with Crippen molar-refractivity contribution in [1.29, 1.82) is 0 Å². The van der Waals surface area contributed by atoms with Crippen molar-refractivity contribution in [2.45, 2.75) is 25.8 Å². The number of aryl methyl sites for hydroxylation is 1. The molecule has 1 unspecified atom stereocenters. The molecule has 1 saturated heterocycles. The van der Waals surface area contributed by atoms with E-state index in [0.29, 0.717) is 13.1 Å². The van der Waals surface area contributed by atoms with E-state index in [2.05, 4.69) is 5.32 Å². The third-order valence-electron chi connectivity index (χ3n) is 3.33. The Labute approximate surface area is 112 Å². The van der Waals surface area contributed by atoms with Crippen LogP contribution in [0.3, 0.4) is 0 Å². The summed E-state index contributed by atoms with van der Waals surface area (Å²) in [4.78, 5) is 24.8. The van der Waals surface area contributed by atoms with Crippen LogP contribution in [0, 0.1) is 0 Å². The molecule has 0 aliphatic carbocycles. The van der Waals surface area contributed by atoms with Crippen molar-refractivity contribution < 1.29 is 14.7 Å². The van der Waals surface area contributed by atoms with E-state index in [1.165, 1.54) is 0 Å². The summed E-state index contributed by atoms with van der Waals surface area (Å²) < 4.78 is 0. The highest BCUT2D eigenvalue weighted by atomic mass is 16.4. The molecule has 102 valence electrons. The van der Waals surface area contributed by atoms with E-state index in [1.807, 2.05) is 31.2 Å². The average Bonchev–Trinajstić information content (AvgIpc) is 2.41. The Morgan fingerprint density at radius 2 is 2.21 bits per heavy atom. The molecule has 1 aliphatic heterocycles. The van der Waals surface area contributed by atoms with E-state index in [1.54, 1.807) is 4.90 Å². The Morgan fingerprint density at radius 1 is 1.47 bits per heavy atom. The van der Waals surface area contributed by atoms with E-state index >= 15 is 0 Å². The molecular formula is C14H18N2O3. The number of para-hydroxylation sites is 1. The molecule has 1 aliphatic rings. The first-order valence-electron chi connectivity index (χ1n) is 6.48. The molecule has 0 bridgehead atoms. The van der Waals surface area contributed by atoms with Gasteiger partial charge in [0.1, 0.15) is 0 Å². The van der Waals surface area contributed by atoms with Gasteiger partial charge < -0.3 is 15.3 Å². The number of carbonyl (C=O) groups is 2. The minimum Gasteiger partial charge on any atom is -0.481 e. The first kappa shape index (κ1) is 13.5. The lowest BCUT2D eigenvalue weighted by molar-refractivity contribution is -0.139. The molecule has 0 saturated carbocycles. The fourth-order valence-electron chi connectivity index (χ4n) is 2.38. The third kappa shape index (κ3) is 2.93. The molecule has 0 radical (unpaired) electrons. The van der Waals surface area contributed by atoms with Crippen molar-refractivity contribution in [3.8, 4) is 0 Å². The smallest absolute Gasteiger partial charge is 0.305 e. The highest BCUT2D eigenvalue weighted by Gasteiger charge is 2.31. The van der Waals surface area contributed by atoms with E-state index in [0.717, 1.165) is 17.7 Å². The number of piperazine rings is 1. The number of benzene rings is 1. The van der Waals surface area contributed by atoms with Crippen LogP contribution in [0.15, 0.2) is 24.3 Å². The average molecular weight is 262 g/mol. The van der Waals surface area contributed by atoms with Crippen LogP contribution in [0.5, 0.6) is 0 Å². The molecule has 1 heterocycles. The van der Waals surface area contributed by atoms with E-state index in [9.17, 15) is 9.59 Å². The molecule has 0 spiro atoms. The van der Waals surface area contributed by atoms with Gasteiger partial charge in [0.05, 0.1) is 12.5 Å². The van der Waals surface area contributed by atoms with Crippen LogP contribution >= 0.6 is 0 Å². The van der Waals surface area contributed by atoms with Crippen LogP contribution in [0.1, 0.15) is 18.9 Å². The normalized spacial score (nSPS) is 19.5. The second kappa shape index (κ2) is 5.84. The second-order valence-corrected chi connectivity index (χ2v) is 4.58. The quantitative estimate of drug-likeness (QED) is 0.850. The maximum atomic E-state index is 12.3. The van der Waals surface area contributed by atoms with E-state index < -0.39 is 12.0 Å². The highest BCUT2D eigenvalue weighted by Crippen LogP contribution is 2.23. The molecule has 19 heavy (non-hydrogen) atoms. The summed E-state index contributed by atoms with van der Waals surface area (Å²) >= 11 is 0. The summed E-state index contributed by atoms with van der Waals surface area (Å²) in [6.45, 7) is 3.23. The molecule has 1 aromatic rings. The lowest BCUT2D eigenvalue weighted by atomic mass is 10.1. The molecule has 1 atom stereocenters. The van der Waals surface area contributed by atoms with Crippen molar-refractivity contribution in [2.75, 3.05) is 18.0 Å². The maximum Gasteiger partial charge on any atom is 0.305 e. The van der Waals surface area contributed by atoms with Gasteiger partial charge in [-0.15, -0.1) is 0 Å². The highest BCUT2D eigenvalue weighted by molar-refractivity contribution is 6.00. The first-order valence-corrected chi connectivity index (χ1v) is 6.48. The molecule has 2 rings (SSSR count). The van der Waals surface area contributed by atoms with Gasteiger partial charge in [-0.1, -0.05) is 25.1 Å². The largest absolute Gasteiger partial charge is 0.481 e. The number of carbonyl (C=O) groups excluding carboxylic acids is 1. The minimum absolute atomic E-state index is 0.158. The molecule has 1 fully saturated rings. The number of anilines is 1. The van der Waals surface area contributed by atoms with Gasteiger partial charge >= 0.3 is 5.97 Å². The Kier molecular flexibility index (Phi) is 4.16. The zero-order valence-corrected chi connectivity index (χ0v) is 10.9. The van der Waals surface area contributed by atoms with Gasteiger partial charge in [0.15, 0.2) is 0 Å². The van der Waals surface area contributed by atoms with Crippen molar-refractivity contribution >= 4 is 17.6 Å². The van der Waals surface area contributed by atoms with Gasteiger partial charge in [0, 0.05) is 18.8 Å². The fourth-order valence-corrected chi connectivity index (χ4v) is 2.38. The zero-order chi connectivity index (χ0) is 13.8. The predicted octanol–water partition coefficient (Wildman–Crippen LogP) is 1.03. The van der Waals surface area contributed by atoms with Gasteiger partial charge in [-0.05, 0) is 18.1 Å². The molecule has 2 N–H and O–H groups in total. The lowest BCUT2D eigenvalue weighted by Gasteiger charge is -2.33. The molecule has 1 aromatic carbocycles. The summed E-state index contributed by atoms with van der Waals surface area (Å²) in [6, 6.07) is 7.13. The number of rotatable bonds is 4. The van der Waals surface area contributed by atoms with Gasteiger partial charge in [-0.25, -0.2) is 0 Å². The SMILES string of the molecule is CCc1ccccc1N1CCNC(CC(=O)O)C1=O. The zero-order valence-electron chi connectivity index (χ0n) is 10.9. The van der Waals surface area contributed by atoms with Gasteiger partial charge in [0.25, 0.3) is 0 Å². The van der Waals surface area contributed by atoms with Crippen molar-refractivity contribution in [3.63, 3.8) is 0 Å². The number of carboxylic acid groups (broad SMARTS) is 1. The van der Waals surface area contributed by atoms with E-state index in [-0.39, 0.29) is 12.3 Å². The first-order chi connectivity index (χ1) is 9.13. The molecule has 1 amide bonds. The summed E-state index contributed by atoms with van der Waals surface area (Å²) in [6.07, 6.45) is 0.667. The Morgan fingerprint density at radius 3 is 2.89 bits per heavy atom. The molecule has 5 heteroatoms. The molecular weight excluding hydrogens is 244 g/mol. The third-order valence-corrected chi connectivity index (χ3v) is 3.33. The topological polar surface area (TPSA) is 69.6 Å². The van der Waals surface area contributed by atoms with Gasteiger partial charge in [-0.3, -0.25) is 9.59 Å². The van der Waals surface area contributed by atoms with Crippen LogP contribution < -0.4 is 10.2 Å². The number of nitrogens with one attached hydrogen (secondary N) is 1. The number of nitrogens with zero attached hydrogens (tertiary/aromatic N) is 1. The summed E-state index contributed by atoms with van der Waals surface area (Å²) in [5.74, 6) is -1.12. The molecule has 0 aromatic heterocycles. The Bertz CT molecular complexity index is 487. The number of hydrogen-bond donors (Lipinski definition) is 2. The van der Waals surface area contributed by atoms with Crippen LogP contribution in [0.25, 0.3) is 0 Å². The maximum absolute atomic E-state index is 12.3. The monoisotopic (exact) mass is 262 g/mol. The number of amides is 1. The summed E-state index contributed by atoms with van der Waals surface area (Å²) in [5, 5.41) is 11.8. The second-order valence-electron chi connectivity index (χ2n) is 4.58. The minimum atomic E-state index is -0.962.